The maximum absolute atomic E-state index is 11.0. The van der Waals surface area contributed by atoms with Gasteiger partial charge in [-0.1, -0.05) is 30.2 Å². The molecule has 0 radical (unpaired) electrons. The zero-order chi connectivity index (χ0) is 14.2. The number of thioether (sulfide) groups is 1. The second kappa shape index (κ2) is 5.34. The minimum atomic E-state index is -1.43. The van der Waals surface area contributed by atoms with Gasteiger partial charge in [-0.3, -0.25) is 0 Å². The minimum absolute atomic E-state index is 0.537. The van der Waals surface area contributed by atoms with Crippen LogP contribution in [0.3, 0.4) is 0 Å². The van der Waals surface area contributed by atoms with E-state index in [9.17, 15) is 5.11 Å². The number of ether oxygens (including phenoxy) is 1. The average molecular weight is 312 g/mol. The summed E-state index contributed by atoms with van der Waals surface area (Å²) >= 11 is 7.37. The van der Waals surface area contributed by atoms with Gasteiger partial charge < -0.3 is 9.84 Å². The van der Waals surface area contributed by atoms with Gasteiger partial charge in [-0.2, -0.15) is 0 Å². The van der Waals surface area contributed by atoms with Gasteiger partial charge in [0.1, 0.15) is 5.04 Å². The molecule has 3 nitrogen and oxygen atoms in total. The van der Waals surface area contributed by atoms with Crippen molar-refractivity contribution in [3.8, 4) is 0 Å². The lowest BCUT2D eigenvalue weighted by Gasteiger charge is -2.33. The Morgan fingerprint density at radius 1 is 1.20 bits per heavy atom. The van der Waals surface area contributed by atoms with Crippen molar-refractivity contribution in [1.82, 2.24) is 0 Å². The molecule has 1 aliphatic carbocycles. The minimum Gasteiger partial charge on any atom is -0.356 e. The lowest BCUT2D eigenvalue weighted by Crippen LogP contribution is -2.39. The van der Waals surface area contributed by atoms with Crippen molar-refractivity contribution in [3.05, 3.63) is 34.9 Å². The Morgan fingerprint density at radius 3 is 2.45 bits per heavy atom. The number of hydrogen-bond donors (Lipinski definition) is 1. The molecule has 0 aromatic heterocycles. The van der Waals surface area contributed by atoms with Crippen LogP contribution in [0.1, 0.15) is 37.7 Å². The number of nitrogens with zero attached hydrogens (tertiary/aromatic N) is 1. The zero-order valence-electron chi connectivity index (χ0n) is 11.4. The largest absolute Gasteiger partial charge is 0.356 e. The van der Waals surface area contributed by atoms with Crippen molar-refractivity contribution in [2.75, 3.05) is 6.26 Å². The molecule has 1 unspecified atom stereocenters. The molecule has 108 valence electrons. The van der Waals surface area contributed by atoms with E-state index in [-0.39, 0.29) is 0 Å². The monoisotopic (exact) mass is 311 g/mol. The Balaban J connectivity index is 1.96. The third-order valence-electron chi connectivity index (χ3n) is 4.00. The van der Waals surface area contributed by atoms with Gasteiger partial charge >= 0.3 is 0 Å². The van der Waals surface area contributed by atoms with Crippen molar-refractivity contribution in [2.45, 2.75) is 43.6 Å². The maximum Gasteiger partial charge on any atom is 0.245 e. The summed E-state index contributed by atoms with van der Waals surface area (Å²) in [5.74, 6) is -1.43. The quantitative estimate of drug-likeness (QED) is 0.854. The molecular weight excluding hydrogens is 294 g/mol. The molecule has 0 saturated heterocycles. The van der Waals surface area contributed by atoms with Gasteiger partial charge in [0.05, 0.1) is 0 Å². The first-order chi connectivity index (χ1) is 9.58. The van der Waals surface area contributed by atoms with Crippen LogP contribution in [0.25, 0.3) is 0 Å². The number of benzene rings is 1. The van der Waals surface area contributed by atoms with Crippen LogP contribution in [0.4, 0.5) is 0 Å². The van der Waals surface area contributed by atoms with Crippen LogP contribution in [0.5, 0.6) is 0 Å². The average Bonchev–Trinajstić information content (AvgIpc) is 2.73. The molecule has 1 aromatic carbocycles. The molecule has 1 aliphatic heterocycles. The highest BCUT2D eigenvalue weighted by Crippen LogP contribution is 2.46. The second-order valence-corrected chi connectivity index (χ2v) is 6.61. The van der Waals surface area contributed by atoms with Gasteiger partial charge in [0.2, 0.25) is 5.79 Å². The molecule has 2 aliphatic rings. The number of hydrogen-bond acceptors (Lipinski definition) is 4. The van der Waals surface area contributed by atoms with Crippen LogP contribution >= 0.6 is 23.4 Å². The van der Waals surface area contributed by atoms with E-state index < -0.39 is 11.5 Å². The maximum atomic E-state index is 11.0. The highest BCUT2D eigenvalue weighted by Gasteiger charge is 2.52. The van der Waals surface area contributed by atoms with Gasteiger partial charge in [-0.15, -0.1) is 11.8 Å². The Hall–Kier alpha value is -0.550. The molecule has 1 spiro atoms. The van der Waals surface area contributed by atoms with Gasteiger partial charge in [0.15, 0.2) is 5.72 Å². The van der Waals surface area contributed by atoms with Crippen LogP contribution in [0, 0.1) is 0 Å². The van der Waals surface area contributed by atoms with E-state index in [2.05, 4.69) is 0 Å². The Labute approximate surface area is 128 Å². The van der Waals surface area contributed by atoms with E-state index in [4.69, 9.17) is 21.3 Å². The molecule has 1 heterocycles. The van der Waals surface area contributed by atoms with Crippen LogP contribution in [0.15, 0.2) is 29.3 Å². The highest BCUT2D eigenvalue weighted by atomic mass is 35.5. The summed E-state index contributed by atoms with van der Waals surface area (Å²) in [6.45, 7) is 0. The smallest absolute Gasteiger partial charge is 0.245 e. The summed E-state index contributed by atoms with van der Waals surface area (Å²) in [6.07, 6.45) is 7.10. The lowest BCUT2D eigenvalue weighted by molar-refractivity contribution is -0.219. The summed E-state index contributed by atoms with van der Waals surface area (Å²) in [4.78, 5) is 4.72. The Morgan fingerprint density at radius 2 is 1.85 bits per heavy atom. The number of aliphatic hydroxyl groups is 1. The molecule has 3 rings (SSSR count). The van der Waals surface area contributed by atoms with E-state index >= 15 is 0 Å². The Kier molecular flexibility index (Phi) is 3.84. The van der Waals surface area contributed by atoms with Gasteiger partial charge in [0.25, 0.3) is 0 Å². The molecule has 5 heteroatoms. The normalized spacial score (nSPS) is 28.6. The topological polar surface area (TPSA) is 41.8 Å². The third kappa shape index (κ3) is 2.39. The standard InChI is InChI=1S/C15H18ClNO2S/c1-20-13-15(18,11-5-7-12(16)8-6-11)19-14(17-13)9-3-2-4-10-14/h5-8,18H,2-4,9-10H2,1H3. The summed E-state index contributed by atoms with van der Waals surface area (Å²) < 4.78 is 6.09. The predicted octanol–water partition coefficient (Wildman–Crippen LogP) is 3.94. The SMILES string of the molecule is CSC1=NC2(CCCCC2)OC1(O)c1ccc(Cl)cc1. The zero-order valence-corrected chi connectivity index (χ0v) is 13.0. The first kappa shape index (κ1) is 14.4. The first-order valence-corrected chi connectivity index (χ1v) is 8.51. The van der Waals surface area contributed by atoms with Crippen LogP contribution < -0.4 is 0 Å². The third-order valence-corrected chi connectivity index (χ3v) is 5.00. The van der Waals surface area contributed by atoms with Crippen molar-refractivity contribution in [1.29, 1.82) is 0 Å². The molecule has 20 heavy (non-hydrogen) atoms. The number of aliphatic imine (C=N–C) groups is 1. The molecule has 0 amide bonds. The van der Waals surface area contributed by atoms with Crippen LogP contribution in [-0.4, -0.2) is 22.1 Å². The molecule has 1 N–H and O–H groups in total. The van der Waals surface area contributed by atoms with E-state index in [0.717, 1.165) is 25.7 Å². The molecule has 0 bridgehead atoms. The summed E-state index contributed by atoms with van der Waals surface area (Å²) in [6, 6.07) is 7.13. The molecule has 1 saturated carbocycles. The van der Waals surface area contributed by atoms with Crippen molar-refractivity contribution >= 4 is 28.4 Å². The fourth-order valence-electron chi connectivity index (χ4n) is 2.96. The van der Waals surface area contributed by atoms with Gasteiger partial charge in [-0.25, -0.2) is 4.99 Å². The fraction of sp³-hybridized carbons (Fsp3) is 0.533. The lowest BCUT2D eigenvalue weighted by atomic mass is 9.92. The van der Waals surface area contributed by atoms with Crippen LogP contribution in [-0.2, 0) is 10.5 Å². The van der Waals surface area contributed by atoms with Gasteiger partial charge in [0, 0.05) is 10.6 Å². The van der Waals surface area contributed by atoms with Crippen molar-refractivity contribution in [3.63, 3.8) is 0 Å². The molecule has 1 atom stereocenters. The molecule has 1 aromatic rings. The van der Waals surface area contributed by atoms with Crippen LogP contribution in [0.2, 0.25) is 5.02 Å². The molecule has 1 fully saturated rings. The van der Waals surface area contributed by atoms with E-state index in [0.29, 0.717) is 15.6 Å². The van der Waals surface area contributed by atoms with E-state index in [1.165, 1.54) is 18.2 Å². The fourth-order valence-corrected chi connectivity index (χ4v) is 3.78. The predicted molar refractivity (Wildman–Crippen MR) is 83.2 cm³/mol. The Bertz CT molecular complexity index is 525. The summed E-state index contributed by atoms with van der Waals surface area (Å²) in [7, 11) is 0. The van der Waals surface area contributed by atoms with Crippen molar-refractivity contribution < 1.29 is 9.84 Å². The van der Waals surface area contributed by atoms with Gasteiger partial charge in [-0.05, 0) is 44.1 Å². The first-order valence-electron chi connectivity index (χ1n) is 6.91. The summed E-state index contributed by atoms with van der Waals surface area (Å²) in [5, 5.41) is 12.3. The number of halogens is 1. The number of rotatable bonds is 1. The van der Waals surface area contributed by atoms with E-state index in [1.54, 1.807) is 24.3 Å². The van der Waals surface area contributed by atoms with E-state index in [1.807, 2.05) is 6.26 Å². The highest BCUT2D eigenvalue weighted by molar-refractivity contribution is 8.13. The summed E-state index contributed by atoms with van der Waals surface area (Å²) in [5.41, 5.74) is 0.155. The second-order valence-electron chi connectivity index (χ2n) is 5.38. The molecular formula is C15H18ClNO2S. The van der Waals surface area contributed by atoms with Crippen molar-refractivity contribution in [2.24, 2.45) is 4.99 Å².